The number of hydrogen-bond acceptors (Lipinski definition) is 3. The monoisotopic (exact) mass is 181 g/mol. The Bertz CT molecular complexity index is 274. The molecule has 0 aliphatic carbocycles. The number of aromatic hydroxyl groups is 1. The van der Waals surface area contributed by atoms with Gasteiger partial charge in [-0.25, -0.2) is 0 Å². The van der Waals surface area contributed by atoms with Gasteiger partial charge < -0.3 is 15.6 Å². The third-order valence-electron chi connectivity index (χ3n) is 1.93. The molecule has 0 amide bonds. The quantitative estimate of drug-likeness (QED) is 0.736. The second-order valence-electron chi connectivity index (χ2n) is 2.86. The molecule has 3 heteroatoms. The van der Waals surface area contributed by atoms with Crippen molar-refractivity contribution in [2.75, 3.05) is 13.7 Å². The van der Waals surface area contributed by atoms with E-state index in [1.165, 1.54) is 0 Å². The first kappa shape index (κ1) is 9.86. The molecular formula is C10H15NO2. The van der Waals surface area contributed by atoms with Gasteiger partial charge in [0.25, 0.3) is 0 Å². The van der Waals surface area contributed by atoms with Crippen molar-refractivity contribution >= 4 is 0 Å². The van der Waals surface area contributed by atoms with Crippen LogP contribution in [0.15, 0.2) is 18.2 Å². The fourth-order valence-corrected chi connectivity index (χ4v) is 1.30. The van der Waals surface area contributed by atoms with E-state index < -0.39 is 0 Å². The standard InChI is InChI=1S/C10H15NO2/c1-13-10-8(5-3-7-11)4-2-6-9(10)12/h2,4,6,12H,3,5,7,11H2,1H3. The molecule has 0 aliphatic heterocycles. The van der Waals surface area contributed by atoms with Crippen molar-refractivity contribution in [1.29, 1.82) is 0 Å². The van der Waals surface area contributed by atoms with Gasteiger partial charge in [-0.05, 0) is 31.0 Å². The Morgan fingerprint density at radius 3 is 2.85 bits per heavy atom. The summed E-state index contributed by atoms with van der Waals surface area (Å²) in [4.78, 5) is 0. The molecule has 0 radical (unpaired) electrons. The van der Waals surface area contributed by atoms with Crippen LogP contribution in [0.5, 0.6) is 11.5 Å². The van der Waals surface area contributed by atoms with Gasteiger partial charge in [-0.2, -0.15) is 0 Å². The summed E-state index contributed by atoms with van der Waals surface area (Å²) < 4.78 is 5.08. The lowest BCUT2D eigenvalue weighted by molar-refractivity contribution is 0.369. The summed E-state index contributed by atoms with van der Waals surface area (Å²) in [6, 6.07) is 5.36. The number of phenols is 1. The SMILES string of the molecule is COc1c(O)cccc1CCCN. The molecule has 0 aliphatic rings. The summed E-state index contributed by atoms with van der Waals surface area (Å²) in [5.41, 5.74) is 6.41. The summed E-state index contributed by atoms with van der Waals surface area (Å²) in [5.74, 6) is 0.757. The molecule has 1 aromatic carbocycles. The molecule has 0 spiro atoms. The van der Waals surface area contributed by atoms with E-state index in [0.29, 0.717) is 12.3 Å². The average molecular weight is 181 g/mol. The zero-order valence-corrected chi connectivity index (χ0v) is 7.79. The zero-order valence-electron chi connectivity index (χ0n) is 7.79. The highest BCUT2D eigenvalue weighted by Crippen LogP contribution is 2.30. The maximum absolute atomic E-state index is 9.43. The molecule has 72 valence electrons. The van der Waals surface area contributed by atoms with Gasteiger partial charge in [-0.3, -0.25) is 0 Å². The first-order valence-corrected chi connectivity index (χ1v) is 4.34. The van der Waals surface area contributed by atoms with Crippen molar-refractivity contribution in [1.82, 2.24) is 0 Å². The van der Waals surface area contributed by atoms with E-state index in [1.807, 2.05) is 12.1 Å². The van der Waals surface area contributed by atoms with Gasteiger partial charge in [0, 0.05) is 0 Å². The van der Waals surface area contributed by atoms with Gasteiger partial charge in [0.15, 0.2) is 11.5 Å². The van der Waals surface area contributed by atoms with Crippen LogP contribution in [0, 0.1) is 0 Å². The van der Waals surface area contributed by atoms with Crippen LogP contribution in [0.1, 0.15) is 12.0 Å². The first-order valence-electron chi connectivity index (χ1n) is 4.34. The van der Waals surface area contributed by atoms with Crippen LogP contribution in [-0.2, 0) is 6.42 Å². The zero-order chi connectivity index (χ0) is 9.68. The molecular weight excluding hydrogens is 166 g/mol. The van der Waals surface area contributed by atoms with E-state index in [4.69, 9.17) is 10.5 Å². The maximum Gasteiger partial charge on any atom is 0.163 e. The first-order chi connectivity index (χ1) is 6.29. The van der Waals surface area contributed by atoms with Crippen LogP contribution in [-0.4, -0.2) is 18.8 Å². The molecule has 13 heavy (non-hydrogen) atoms. The Balaban J connectivity index is 2.85. The lowest BCUT2D eigenvalue weighted by Gasteiger charge is -2.08. The van der Waals surface area contributed by atoms with E-state index in [9.17, 15) is 5.11 Å². The van der Waals surface area contributed by atoms with Gasteiger partial charge in [0.2, 0.25) is 0 Å². The summed E-state index contributed by atoms with van der Waals surface area (Å²) in [6.07, 6.45) is 1.74. The normalized spacial score (nSPS) is 10.0. The highest BCUT2D eigenvalue weighted by Gasteiger charge is 2.06. The molecule has 3 nitrogen and oxygen atoms in total. The van der Waals surface area contributed by atoms with E-state index in [0.717, 1.165) is 18.4 Å². The Hall–Kier alpha value is -1.22. The van der Waals surface area contributed by atoms with Crippen molar-refractivity contribution in [2.45, 2.75) is 12.8 Å². The van der Waals surface area contributed by atoms with E-state index in [-0.39, 0.29) is 5.75 Å². The minimum atomic E-state index is 0.192. The Labute approximate surface area is 78.1 Å². The minimum Gasteiger partial charge on any atom is -0.504 e. The second kappa shape index (κ2) is 4.72. The number of nitrogens with two attached hydrogens (primary N) is 1. The molecule has 1 rings (SSSR count). The van der Waals surface area contributed by atoms with E-state index in [1.54, 1.807) is 13.2 Å². The molecule has 0 unspecified atom stereocenters. The Morgan fingerprint density at radius 1 is 1.46 bits per heavy atom. The van der Waals surface area contributed by atoms with Gasteiger partial charge in [-0.15, -0.1) is 0 Å². The molecule has 3 N–H and O–H groups in total. The summed E-state index contributed by atoms with van der Waals surface area (Å²) in [7, 11) is 1.56. The number of rotatable bonds is 4. The molecule has 0 saturated heterocycles. The summed E-state index contributed by atoms with van der Waals surface area (Å²) >= 11 is 0. The molecule has 0 atom stereocenters. The van der Waals surface area contributed by atoms with Crippen LogP contribution < -0.4 is 10.5 Å². The molecule has 0 fully saturated rings. The van der Waals surface area contributed by atoms with Crippen molar-refractivity contribution in [3.63, 3.8) is 0 Å². The number of methoxy groups -OCH3 is 1. The summed E-state index contributed by atoms with van der Waals surface area (Å²) in [5, 5.41) is 9.43. The number of ether oxygens (including phenoxy) is 1. The van der Waals surface area contributed by atoms with Crippen molar-refractivity contribution in [3.05, 3.63) is 23.8 Å². The Kier molecular flexibility index (Phi) is 3.58. The van der Waals surface area contributed by atoms with Crippen LogP contribution in [0.2, 0.25) is 0 Å². The van der Waals surface area contributed by atoms with E-state index in [2.05, 4.69) is 0 Å². The van der Waals surface area contributed by atoms with E-state index >= 15 is 0 Å². The van der Waals surface area contributed by atoms with Gasteiger partial charge in [0.05, 0.1) is 7.11 Å². The summed E-state index contributed by atoms with van der Waals surface area (Å²) in [6.45, 7) is 0.652. The highest BCUT2D eigenvalue weighted by atomic mass is 16.5. The third-order valence-corrected chi connectivity index (χ3v) is 1.93. The smallest absolute Gasteiger partial charge is 0.163 e. The maximum atomic E-state index is 9.43. The van der Waals surface area contributed by atoms with Crippen molar-refractivity contribution < 1.29 is 9.84 Å². The predicted octanol–water partition coefficient (Wildman–Crippen LogP) is 1.29. The fourth-order valence-electron chi connectivity index (χ4n) is 1.30. The van der Waals surface area contributed by atoms with Crippen LogP contribution in [0.25, 0.3) is 0 Å². The topological polar surface area (TPSA) is 55.5 Å². The number of para-hydroxylation sites is 1. The highest BCUT2D eigenvalue weighted by molar-refractivity contribution is 5.45. The third kappa shape index (κ3) is 2.36. The Morgan fingerprint density at radius 2 is 2.23 bits per heavy atom. The van der Waals surface area contributed by atoms with Gasteiger partial charge in [-0.1, -0.05) is 12.1 Å². The minimum absolute atomic E-state index is 0.192. The van der Waals surface area contributed by atoms with Crippen LogP contribution >= 0.6 is 0 Å². The molecule has 0 heterocycles. The largest absolute Gasteiger partial charge is 0.504 e. The van der Waals surface area contributed by atoms with Gasteiger partial charge in [0.1, 0.15) is 0 Å². The lowest BCUT2D eigenvalue weighted by atomic mass is 10.1. The fraction of sp³-hybridized carbons (Fsp3) is 0.400. The molecule has 0 saturated carbocycles. The molecule has 1 aromatic rings. The number of benzene rings is 1. The van der Waals surface area contributed by atoms with Crippen LogP contribution in [0.3, 0.4) is 0 Å². The lowest BCUT2D eigenvalue weighted by Crippen LogP contribution is -2.01. The number of phenolic OH excluding ortho intramolecular Hbond substituents is 1. The average Bonchev–Trinajstić information content (AvgIpc) is 2.15. The molecule has 0 bridgehead atoms. The van der Waals surface area contributed by atoms with Crippen LogP contribution in [0.4, 0.5) is 0 Å². The second-order valence-corrected chi connectivity index (χ2v) is 2.86. The molecule has 0 aromatic heterocycles. The number of aryl methyl sites for hydroxylation is 1. The van der Waals surface area contributed by atoms with Crippen molar-refractivity contribution in [3.8, 4) is 11.5 Å². The number of hydrogen-bond donors (Lipinski definition) is 2. The predicted molar refractivity (Wildman–Crippen MR) is 52.0 cm³/mol. The van der Waals surface area contributed by atoms with Gasteiger partial charge >= 0.3 is 0 Å². The van der Waals surface area contributed by atoms with Crippen molar-refractivity contribution in [2.24, 2.45) is 5.73 Å².